The topological polar surface area (TPSA) is 26.0 Å². The lowest BCUT2D eigenvalue weighted by molar-refractivity contribution is 0.306. The fourth-order valence-corrected chi connectivity index (χ4v) is 4.87. The second-order valence-corrected chi connectivity index (χ2v) is 8.07. The van der Waals surface area contributed by atoms with Crippen molar-refractivity contribution in [1.29, 1.82) is 0 Å². The number of hydrogen-bond donors (Lipinski definition) is 0. The summed E-state index contributed by atoms with van der Waals surface area (Å²) >= 11 is 6.03. The summed E-state index contributed by atoms with van der Waals surface area (Å²) in [4.78, 5) is 0. The lowest BCUT2D eigenvalue weighted by atomic mass is 9.76. The molecule has 2 nitrogen and oxygen atoms in total. The number of fused-ring (bicyclic) bond motifs is 3. The molecule has 5 rings (SSSR count). The molecule has 2 aromatic carbocycles. The van der Waals surface area contributed by atoms with E-state index < -0.39 is 0 Å². The Morgan fingerprint density at radius 3 is 2.38 bits per heavy atom. The fourth-order valence-electron chi connectivity index (χ4n) is 4.75. The molecular weight excluding hydrogens is 342 g/mol. The van der Waals surface area contributed by atoms with Crippen LogP contribution in [0.5, 0.6) is 0 Å². The quantitative estimate of drug-likeness (QED) is 0.517. The first-order valence-electron chi connectivity index (χ1n) is 9.62. The normalized spacial score (nSPS) is 21.9. The average molecular weight is 364 g/mol. The number of aromatic nitrogens is 1. The van der Waals surface area contributed by atoms with Crippen LogP contribution in [0.3, 0.4) is 0 Å². The zero-order valence-corrected chi connectivity index (χ0v) is 15.5. The second-order valence-electron chi connectivity index (χ2n) is 7.63. The lowest BCUT2D eigenvalue weighted by Gasteiger charge is -2.28. The number of hydrogen-bond acceptors (Lipinski definition) is 2. The zero-order valence-electron chi connectivity index (χ0n) is 14.7. The van der Waals surface area contributed by atoms with E-state index in [1.54, 1.807) is 0 Å². The van der Waals surface area contributed by atoms with Gasteiger partial charge in [-0.15, -0.1) is 0 Å². The van der Waals surface area contributed by atoms with Crippen molar-refractivity contribution < 1.29 is 4.52 Å². The number of rotatable bonds is 2. The van der Waals surface area contributed by atoms with E-state index in [9.17, 15) is 0 Å². The Hall–Kier alpha value is -2.06. The van der Waals surface area contributed by atoms with Crippen molar-refractivity contribution in [3.05, 3.63) is 76.0 Å². The van der Waals surface area contributed by atoms with Crippen LogP contribution in [0.4, 0.5) is 0 Å². The number of nitrogens with zero attached hydrogens (tertiary/aromatic N) is 1. The summed E-state index contributed by atoms with van der Waals surface area (Å²) in [5.74, 6) is 2.31. The first-order chi connectivity index (χ1) is 12.8. The molecule has 1 heterocycles. The van der Waals surface area contributed by atoms with Crippen LogP contribution in [0.1, 0.15) is 60.0 Å². The summed E-state index contributed by atoms with van der Waals surface area (Å²) in [6.45, 7) is 0. The molecule has 3 aromatic rings. The molecule has 132 valence electrons. The first-order valence-corrected chi connectivity index (χ1v) is 9.99. The highest BCUT2D eigenvalue weighted by molar-refractivity contribution is 6.30. The van der Waals surface area contributed by atoms with E-state index in [0.717, 1.165) is 29.3 Å². The number of aryl methyl sites for hydroxylation is 1. The summed E-state index contributed by atoms with van der Waals surface area (Å²) in [6, 6.07) is 17.0. The molecule has 0 N–H and O–H groups in total. The molecule has 0 radical (unpaired) electrons. The maximum Gasteiger partial charge on any atom is 0.143 e. The van der Waals surface area contributed by atoms with Crippen LogP contribution < -0.4 is 0 Å². The van der Waals surface area contributed by atoms with Gasteiger partial charge in [0.15, 0.2) is 0 Å². The lowest BCUT2D eigenvalue weighted by Crippen LogP contribution is -2.14. The third kappa shape index (κ3) is 2.77. The van der Waals surface area contributed by atoms with Gasteiger partial charge in [-0.05, 0) is 67.7 Å². The fraction of sp³-hybridized carbons (Fsp3) is 0.348. The van der Waals surface area contributed by atoms with Crippen LogP contribution in [0.15, 0.2) is 53.1 Å². The van der Waals surface area contributed by atoms with E-state index in [-0.39, 0.29) is 0 Å². The summed E-state index contributed by atoms with van der Waals surface area (Å²) in [5, 5.41) is 5.29. The average Bonchev–Trinajstić information content (AvgIpc) is 3.13. The van der Waals surface area contributed by atoms with Crippen LogP contribution in [-0.4, -0.2) is 5.16 Å². The predicted molar refractivity (Wildman–Crippen MR) is 105 cm³/mol. The van der Waals surface area contributed by atoms with Gasteiger partial charge in [0.05, 0.1) is 0 Å². The van der Waals surface area contributed by atoms with Gasteiger partial charge in [0.2, 0.25) is 0 Å². The highest BCUT2D eigenvalue weighted by atomic mass is 35.5. The van der Waals surface area contributed by atoms with Gasteiger partial charge in [-0.25, -0.2) is 0 Å². The molecule has 0 amide bonds. The smallest absolute Gasteiger partial charge is 0.143 e. The van der Waals surface area contributed by atoms with Crippen molar-refractivity contribution in [2.45, 2.75) is 50.4 Å². The Morgan fingerprint density at radius 2 is 1.58 bits per heavy atom. The van der Waals surface area contributed by atoms with Gasteiger partial charge < -0.3 is 4.52 Å². The molecule has 0 unspecified atom stereocenters. The Kier molecular flexibility index (Phi) is 4.09. The zero-order chi connectivity index (χ0) is 17.5. The maximum absolute atomic E-state index is 6.03. The highest BCUT2D eigenvalue weighted by Gasteiger charge is 2.31. The van der Waals surface area contributed by atoms with Gasteiger partial charge in [0, 0.05) is 22.1 Å². The summed E-state index contributed by atoms with van der Waals surface area (Å²) in [7, 11) is 0. The molecule has 1 fully saturated rings. The van der Waals surface area contributed by atoms with Gasteiger partial charge in [0.25, 0.3) is 0 Å². The van der Waals surface area contributed by atoms with Crippen molar-refractivity contribution in [2.24, 2.45) is 0 Å². The molecule has 0 saturated heterocycles. The van der Waals surface area contributed by atoms with E-state index in [0.29, 0.717) is 11.8 Å². The van der Waals surface area contributed by atoms with E-state index in [2.05, 4.69) is 41.6 Å². The van der Waals surface area contributed by atoms with Crippen molar-refractivity contribution in [3.8, 4) is 11.3 Å². The van der Waals surface area contributed by atoms with Crippen molar-refractivity contribution in [1.82, 2.24) is 5.16 Å². The van der Waals surface area contributed by atoms with Crippen molar-refractivity contribution in [2.75, 3.05) is 0 Å². The van der Waals surface area contributed by atoms with Crippen LogP contribution in [0.2, 0.25) is 5.02 Å². The summed E-state index contributed by atoms with van der Waals surface area (Å²) < 4.78 is 5.90. The number of halogens is 1. The van der Waals surface area contributed by atoms with E-state index >= 15 is 0 Å². The standard InChI is InChI=1S/C23H22ClNO/c24-19-12-9-16(10-13-19)15-5-7-18(8-6-15)23-21-14-11-17-3-1-2-4-20(17)22(21)25-26-23/h1-4,9-10,12-13,15,18H,5-8,11,14H2. The Balaban J connectivity index is 1.35. The van der Waals surface area contributed by atoms with Gasteiger partial charge in [-0.3, -0.25) is 0 Å². The van der Waals surface area contributed by atoms with E-state index in [1.165, 1.54) is 47.9 Å². The van der Waals surface area contributed by atoms with Gasteiger partial charge in [-0.1, -0.05) is 53.2 Å². The van der Waals surface area contributed by atoms with Crippen molar-refractivity contribution >= 4 is 11.6 Å². The molecule has 0 spiro atoms. The highest BCUT2D eigenvalue weighted by Crippen LogP contribution is 2.44. The molecule has 2 aliphatic rings. The molecule has 3 heteroatoms. The van der Waals surface area contributed by atoms with Gasteiger partial charge in [0.1, 0.15) is 11.5 Å². The number of benzene rings is 2. The minimum Gasteiger partial charge on any atom is -0.360 e. The third-order valence-electron chi connectivity index (χ3n) is 6.17. The van der Waals surface area contributed by atoms with Crippen LogP contribution >= 0.6 is 11.6 Å². The van der Waals surface area contributed by atoms with Crippen molar-refractivity contribution in [3.63, 3.8) is 0 Å². The van der Waals surface area contributed by atoms with Crippen LogP contribution in [-0.2, 0) is 12.8 Å². The largest absolute Gasteiger partial charge is 0.360 e. The van der Waals surface area contributed by atoms with Crippen LogP contribution in [0.25, 0.3) is 11.3 Å². The monoisotopic (exact) mass is 363 g/mol. The minimum atomic E-state index is 0.514. The molecule has 0 aliphatic heterocycles. The minimum absolute atomic E-state index is 0.514. The molecule has 0 atom stereocenters. The first kappa shape index (κ1) is 16.1. The molecule has 0 bridgehead atoms. The summed E-state index contributed by atoms with van der Waals surface area (Å²) in [5.41, 5.74) is 6.52. The third-order valence-corrected chi connectivity index (χ3v) is 6.43. The summed E-state index contributed by atoms with van der Waals surface area (Å²) in [6.07, 6.45) is 6.92. The van der Waals surface area contributed by atoms with E-state index in [4.69, 9.17) is 16.1 Å². The Labute approximate surface area is 159 Å². The van der Waals surface area contributed by atoms with Crippen LogP contribution in [0, 0.1) is 0 Å². The second kappa shape index (κ2) is 6.59. The van der Waals surface area contributed by atoms with E-state index in [1.807, 2.05) is 12.1 Å². The Morgan fingerprint density at radius 1 is 0.846 bits per heavy atom. The molecule has 1 aromatic heterocycles. The molecular formula is C23H22ClNO. The molecule has 2 aliphatic carbocycles. The molecule has 1 saturated carbocycles. The van der Waals surface area contributed by atoms with Gasteiger partial charge in [-0.2, -0.15) is 0 Å². The Bertz CT molecular complexity index is 920. The van der Waals surface area contributed by atoms with Gasteiger partial charge >= 0.3 is 0 Å². The maximum atomic E-state index is 6.03. The SMILES string of the molecule is Clc1ccc(C2CCC(c3onc4c3CCc3ccccc3-4)CC2)cc1. The molecule has 26 heavy (non-hydrogen) atoms. The predicted octanol–water partition coefficient (Wildman–Crippen LogP) is 6.54.